The number of nitrogens with two attached hydrogens (primary N) is 1. The third-order valence-corrected chi connectivity index (χ3v) is 4.03. The fourth-order valence-electron chi connectivity index (χ4n) is 2.68. The van der Waals surface area contributed by atoms with Crippen molar-refractivity contribution in [1.29, 1.82) is 0 Å². The molecule has 0 spiro atoms. The first-order chi connectivity index (χ1) is 8.58. The van der Waals surface area contributed by atoms with Crippen LogP contribution in [0.2, 0.25) is 0 Å². The summed E-state index contributed by atoms with van der Waals surface area (Å²) in [6, 6.07) is 0.298. The van der Waals surface area contributed by atoms with Crippen LogP contribution in [0.5, 0.6) is 0 Å². The molecule has 0 aliphatic carbocycles. The second-order valence-electron chi connectivity index (χ2n) is 5.38. The van der Waals surface area contributed by atoms with Gasteiger partial charge in [0.1, 0.15) is 0 Å². The summed E-state index contributed by atoms with van der Waals surface area (Å²) in [5.41, 5.74) is 5.93. The summed E-state index contributed by atoms with van der Waals surface area (Å²) in [7, 11) is 0. The summed E-state index contributed by atoms with van der Waals surface area (Å²) < 4.78 is 0. The summed E-state index contributed by atoms with van der Waals surface area (Å²) in [5.74, 6) is 0.937. The maximum absolute atomic E-state index is 11.8. The molecule has 1 heterocycles. The number of hydrogen-bond donors (Lipinski definition) is 1. The van der Waals surface area contributed by atoms with Gasteiger partial charge < -0.3 is 15.5 Å². The van der Waals surface area contributed by atoms with Crippen LogP contribution in [0.25, 0.3) is 0 Å². The molecule has 0 aromatic rings. The Bertz CT molecular complexity index is 251. The lowest BCUT2D eigenvalue weighted by Crippen LogP contribution is -2.32. The van der Waals surface area contributed by atoms with Gasteiger partial charge in [0.05, 0.1) is 0 Å². The van der Waals surface area contributed by atoms with Gasteiger partial charge in [-0.15, -0.1) is 0 Å². The van der Waals surface area contributed by atoms with Crippen LogP contribution >= 0.6 is 0 Å². The van der Waals surface area contributed by atoms with E-state index in [1.165, 1.54) is 6.42 Å². The number of rotatable bonds is 7. The maximum atomic E-state index is 11.8. The summed E-state index contributed by atoms with van der Waals surface area (Å²) in [6.45, 7) is 11.1. The lowest BCUT2D eigenvalue weighted by Gasteiger charge is -2.20. The maximum Gasteiger partial charge on any atom is 0.222 e. The van der Waals surface area contributed by atoms with E-state index < -0.39 is 0 Å². The van der Waals surface area contributed by atoms with Crippen molar-refractivity contribution in [3.05, 3.63) is 0 Å². The Morgan fingerprint density at radius 2 is 2.11 bits per heavy atom. The predicted molar refractivity (Wildman–Crippen MR) is 75.4 cm³/mol. The van der Waals surface area contributed by atoms with E-state index >= 15 is 0 Å². The van der Waals surface area contributed by atoms with Gasteiger partial charge in [-0.1, -0.05) is 0 Å². The highest BCUT2D eigenvalue weighted by atomic mass is 16.2. The van der Waals surface area contributed by atoms with Gasteiger partial charge in [0.25, 0.3) is 0 Å². The minimum absolute atomic E-state index is 0.294. The lowest BCUT2D eigenvalue weighted by molar-refractivity contribution is -0.130. The van der Waals surface area contributed by atoms with Gasteiger partial charge in [-0.3, -0.25) is 4.79 Å². The molecule has 1 saturated heterocycles. The smallest absolute Gasteiger partial charge is 0.222 e. The molecule has 0 saturated carbocycles. The van der Waals surface area contributed by atoms with E-state index in [0.717, 1.165) is 39.1 Å². The Morgan fingerprint density at radius 1 is 1.44 bits per heavy atom. The minimum Gasteiger partial charge on any atom is -0.343 e. The molecule has 0 aromatic carbocycles. The lowest BCUT2D eigenvalue weighted by atomic mass is 10.0. The Hall–Kier alpha value is -0.610. The molecule has 1 aliphatic heterocycles. The van der Waals surface area contributed by atoms with Crippen molar-refractivity contribution in [2.24, 2.45) is 11.7 Å². The average molecular weight is 255 g/mol. The van der Waals surface area contributed by atoms with Gasteiger partial charge in [-0.25, -0.2) is 0 Å². The molecule has 0 radical (unpaired) electrons. The van der Waals surface area contributed by atoms with E-state index in [1.807, 2.05) is 18.7 Å². The van der Waals surface area contributed by atoms with Crippen LogP contribution in [0, 0.1) is 5.92 Å². The Labute approximate surface area is 111 Å². The fraction of sp³-hybridized carbons (Fsp3) is 0.929. The predicted octanol–water partition coefficient (Wildman–Crippen LogP) is 1.30. The minimum atomic E-state index is 0.294. The van der Waals surface area contributed by atoms with Gasteiger partial charge >= 0.3 is 0 Å². The van der Waals surface area contributed by atoms with E-state index in [1.54, 1.807) is 0 Å². The number of carbonyl (C=O) groups excluding carboxylic acids is 1. The molecule has 4 nitrogen and oxygen atoms in total. The van der Waals surface area contributed by atoms with Gasteiger partial charge in [0.2, 0.25) is 5.91 Å². The largest absolute Gasteiger partial charge is 0.343 e. The molecule has 0 aromatic heterocycles. The molecule has 1 fully saturated rings. The molecule has 2 N–H and O–H groups in total. The van der Waals surface area contributed by atoms with Crippen molar-refractivity contribution in [1.82, 2.24) is 9.80 Å². The van der Waals surface area contributed by atoms with Crippen LogP contribution in [0.1, 0.15) is 40.0 Å². The van der Waals surface area contributed by atoms with Crippen molar-refractivity contribution in [2.45, 2.75) is 46.1 Å². The van der Waals surface area contributed by atoms with Crippen molar-refractivity contribution in [3.8, 4) is 0 Å². The van der Waals surface area contributed by atoms with Gasteiger partial charge in [0.15, 0.2) is 0 Å². The van der Waals surface area contributed by atoms with E-state index in [9.17, 15) is 4.79 Å². The van der Waals surface area contributed by atoms with Gasteiger partial charge in [0, 0.05) is 32.1 Å². The molecular weight excluding hydrogens is 226 g/mol. The second kappa shape index (κ2) is 7.74. The van der Waals surface area contributed by atoms with E-state index in [0.29, 0.717) is 24.3 Å². The normalized spacial score (nSPS) is 22.1. The molecule has 18 heavy (non-hydrogen) atoms. The molecule has 0 bridgehead atoms. The Morgan fingerprint density at radius 3 is 2.61 bits per heavy atom. The van der Waals surface area contributed by atoms with Gasteiger partial charge in [-0.05, 0) is 52.6 Å². The number of hydrogen-bond acceptors (Lipinski definition) is 3. The zero-order valence-electron chi connectivity index (χ0n) is 12.2. The first kappa shape index (κ1) is 15.4. The molecular formula is C14H29N3O. The standard InChI is InChI=1S/C14H29N3O/c1-4-17(5-2)14(18)7-6-9-16-10-8-13(11-16)12(3)15/h12-13H,4-11,15H2,1-3H3. The van der Waals surface area contributed by atoms with E-state index in [4.69, 9.17) is 5.73 Å². The van der Waals surface area contributed by atoms with Crippen LogP contribution < -0.4 is 5.73 Å². The molecule has 4 heteroatoms. The first-order valence-electron chi connectivity index (χ1n) is 7.34. The second-order valence-corrected chi connectivity index (χ2v) is 5.38. The van der Waals surface area contributed by atoms with Crippen LogP contribution in [0.15, 0.2) is 0 Å². The summed E-state index contributed by atoms with van der Waals surface area (Å²) in [4.78, 5) is 16.2. The highest BCUT2D eigenvalue weighted by Crippen LogP contribution is 2.18. The van der Waals surface area contributed by atoms with E-state index in [-0.39, 0.29) is 0 Å². The number of likely N-dealkylation sites (tertiary alicyclic amines) is 1. The summed E-state index contributed by atoms with van der Waals surface area (Å²) in [5, 5.41) is 0. The SMILES string of the molecule is CCN(CC)C(=O)CCCN1CCC(C(C)N)C1. The summed E-state index contributed by atoms with van der Waals surface area (Å²) in [6.07, 6.45) is 2.86. The molecule has 1 rings (SSSR count). The van der Waals surface area contributed by atoms with Crippen molar-refractivity contribution in [2.75, 3.05) is 32.7 Å². The topological polar surface area (TPSA) is 49.6 Å². The fourth-order valence-corrected chi connectivity index (χ4v) is 2.68. The van der Waals surface area contributed by atoms with Crippen LogP contribution in [-0.2, 0) is 4.79 Å². The number of amides is 1. The molecule has 106 valence electrons. The number of nitrogens with zero attached hydrogens (tertiary/aromatic N) is 2. The highest BCUT2D eigenvalue weighted by molar-refractivity contribution is 5.76. The third kappa shape index (κ3) is 4.58. The van der Waals surface area contributed by atoms with Crippen molar-refractivity contribution in [3.63, 3.8) is 0 Å². The van der Waals surface area contributed by atoms with Crippen LogP contribution in [0.4, 0.5) is 0 Å². The van der Waals surface area contributed by atoms with Crippen molar-refractivity contribution < 1.29 is 4.79 Å². The summed E-state index contributed by atoms with van der Waals surface area (Å²) >= 11 is 0. The van der Waals surface area contributed by atoms with Crippen LogP contribution in [0.3, 0.4) is 0 Å². The van der Waals surface area contributed by atoms with Crippen molar-refractivity contribution >= 4 is 5.91 Å². The zero-order chi connectivity index (χ0) is 13.5. The monoisotopic (exact) mass is 255 g/mol. The Kier molecular flexibility index (Phi) is 6.65. The highest BCUT2D eigenvalue weighted by Gasteiger charge is 2.24. The quantitative estimate of drug-likeness (QED) is 0.746. The molecule has 2 atom stereocenters. The van der Waals surface area contributed by atoms with Gasteiger partial charge in [-0.2, -0.15) is 0 Å². The third-order valence-electron chi connectivity index (χ3n) is 4.03. The molecule has 2 unspecified atom stereocenters. The average Bonchev–Trinajstić information content (AvgIpc) is 2.79. The molecule has 1 aliphatic rings. The van der Waals surface area contributed by atoms with Crippen LogP contribution in [-0.4, -0.2) is 54.5 Å². The first-order valence-corrected chi connectivity index (χ1v) is 7.34. The van der Waals surface area contributed by atoms with E-state index in [2.05, 4.69) is 11.8 Å². The zero-order valence-corrected chi connectivity index (χ0v) is 12.2. The molecule has 1 amide bonds. The number of carbonyl (C=O) groups is 1. The Balaban J connectivity index is 2.17.